The Bertz CT molecular complexity index is 439. The van der Waals surface area contributed by atoms with E-state index in [1.165, 1.54) is 6.92 Å². The highest BCUT2D eigenvalue weighted by Crippen LogP contribution is 2.27. The largest absolute Gasteiger partial charge is 0.452 e. The molecular weight excluding hydrogens is 212 g/mol. The van der Waals surface area contributed by atoms with E-state index in [0.29, 0.717) is 6.42 Å². The van der Waals surface area contributed by atoms with Gasteiger partial charge in [0.2, 0.25) is 0 Å². The zero-order valence-corrected chi connectivity index (χ0v) is 9.98. The first-order valence-corrected chi connectivity index (χ1v) is 5.41. The van der Waals surface area contributed by atoms with E-state index in [1.54, 1.807) is 6.08 Å². The van der Waals surface area contributed by atoms with Crippen molar-refractivity contribution < 1.29 is 9.53 Å². The molecule has 0 N–H and O–H groups in total. The van der Waals surface area contributed by atoms with Gasteiger partial charge in [0.1, 0.15) is 0 Å². The average molecular weight is 228 g/mol. The summed E-state index contributed by atoms with van der Waals surface area (Å²) in [6.45, 7) is 8.70. The zero-order valence-electron chi connectivity index (χ0n) is 9.98. The second-order valence-electron chi connectivity index (χ2n) is 3.59. The van der Waals surface area contributed by atoms with Crippen molar-refractivity contribution in [2.45, 2.75) is 19.4 Å². The fourth-order valence-electron chi connectivity index (χ4n) is 1.56. The van der Waals surface area contributed by atoms with Crippen LogP contribution < -0.4 is 0 Å². The molecule has 88 valence electrons. The van der Waals surface area contributed by atoms with Crippen molar-refractivity contribution in [1.82, 2.24) is 0 Å². The number of benzene rings is 1. The van der Waals surface area contributed by atoms with Gasteiger partial charge in [-0.25, -0.2) is 0 Å². The molecule has 0 fully saturated rings. The fraction of sp³-hybridized carbons (Fsp3) is 0.200. The lowest BCUT2D eigenvalue weighted by Crippen LogP contribution is -2.10. The van der Waals surface area contributed by atoms with E-state index >= 15 is 0 Å². The summed E-state index contributed by atoms with van der Waals surface area (Å²) < 4.78 is 5.32. The summed E-state index contributed by atoms with van der Waals surface area (Å²) in [5.41, 5.74) is 4.54. The molecule has 0 spiro atoms. The molecule has 17 heavy (non-hydrogen) atoms. The molecule has 2 nitrogen and oxygen atoms in total. The van der Waals surface area contributed by atoms with Gasteiger partial charge in [-0.1, -0.05) is 43.0 Å². The lowest BCUT2D eigenvalue weighted by Gasteiger charge is -2.18. The zero-order chi connectivity index (χ0) is 12.7. The van der Waals surface area contributed by atoms with E-state index in [9.17, 15) is 4.79 Å². The molecule has 0 radical (unpaired) electrons. The standard InChI is InChI=1S/C15H16O2/c1-4-9-13(5-2)15(17-12(3)16)14-10-7-6-8-11-14/h4,6-8,10-11,15H,1-2,9H2,3H3. The maximum atomic E-state index is 11.1. The summed E-state index contributed by atoms with van der Waals surface area (Å²) in [6.07, 6.45) is 1.91. The van der Waals surface area contributed by atoms with E-state index in [1.807, 2.05) is 30.3 Å². The number of hydrogen-bond donors (Lipinski definition) is 0. The number of ether oxygens (including phenoxy) is 1. The second kappa shape index (κ2) is 6.51. The summed E-state index contributed by atoms with van der Waals surface area (Å²) in [5.74, 6) is -0.323. The van der Waals surface area contributed by atoms with Gasteiger partial charge in [-0.2, -0.15) is 0 Å². The molecule has 0 aliphatic rings. The van der Waals surface area contributed by atoms with Crippen molar-refractivity contribution in [3.8, 4) is 0 Å². The molecule has 1 unspecified atom stereocenters. The third-order valence-electron chi connectivity index (χ3n) is 2.29. The molecule has 2 heteroatoms. The molecule has 0 amide bonds. The smallest absolute Gasteiger partial charge is 0.303 e. The van der Waals surface area contributed by atoms with Gasteiger partial charge in [-0.15, -0.1) is 12.3 Å². The summed E-state index contributed by atoms with van der Waals surface area (Å²) in [4.78, 5) is 11.1. The van der Waals surface area contributed by atoms with Crippen molar-refractivity contribution in [2.75, 3.05) is 0 Å². The number of rotatable bonds is 5. The topological polar surface area (TPSA) is 26.3 Å². The number of esters is 1. The van der Waals surface area contributed by atoms with Gasteiger partial charge >= 0.3 is 5.97 Å². The SMILES string of the molecule is C=C=C(CC=C)C(OC(C)=O)c1ccccc1. The van der Waals surface area contributed by atoms with Crippen LogP contribution in [0.15, 0.2) is 60.9 Å². The van der Waals surface area contributed by atoms with Gasteiger partial charge in [0.05, 0.1) is 0 Å². The van der Waals surface area contributed by atoms with Crippen molar-refractivity contribution >= 4 is 5.97 Å². The lowest BCUT2D eigenvalue weighted by molar-refractivity contribution is -0.145. The Kier molecular flexibility index (Phi) is 4.99. The molecule has 1 aromatic carbocycles. The van der Waals surface area contributed by atoms with Crippen LogP contribution in [0.4, 0.5) is 0 Å². The van der Waals surface area contributed by atoms with E-state index in [-0.39, 0.29) is 5.97 Å². The predicted molar refractivity (Wildman–Crippen MR) is 68.4 cm³/mol. The average Bonchev–Trinajstić information content (AvgIpc) is 2.34. The molecule has 1 aromatic rings. The Balaban J connectivity index is 3.07. The van der Waals surface area contributed by atoms with Crippen LogP contribution >= 0.6 is 0 Å². The van der Waals surface area contributed by atoms with Crippen molar-refractivity contribution in [3.05, 3.63) is 66.4 Å². The predicted octanol–water partition coefficient (Wildman–Crippen LogP) is 3.58. The minimum Gasteiger partial charge on any atom is -0.452 e. The first kappa shape index (κ1) is 13.0. The second-order valence-corrected chi connectivity index (χ2v) is 3.59. The van der Waals surface area contributed by atoms with Gasteiger partial charge in [0.15, 0.2) is 6.10 Å². The molecule has 0 aromatic heterocycles. The maximum Gasteiger partial charge on any atom is 0.303 e. The maximum absolute atomic E-state index is 11.1. The highest BCUT2D eigenvalue weighted by molar-refractivity contribution is 5.66. The van der Waals surface area contributed by atoms with Crippen LogP contribution in [0.25, 0.3) is 0 Å². The molecule has 1 atom stereocenters. The summed E-state index contributed by atoms with van der Waals surface area (Å²) in [5, 5.41) is 0. The Hall–Kier alpha value is -2.05. The highest BCUT2D eigenvalue weighted by Gasteiger charge is 2.18. The fourth-order valence-corrected chi connectivity index (χ4v) is 1.56. The number of carbonyl (C=O) groups excluding carboxylic acids is 1. The Morgan fingerprint density at radius 2 is 2.12 bits per heavy atom. The normalized spacial score (nSPS) is 11.1. The minimum atomic E-state index is -0.427. The van der Waals surface area contributed by atoms with Crippen LogP contribution in [0, 0.1) is 0 Å². The van der Waals surface area contributed by atoms with E-state index in [4.69, 9.17) is 4.74 Å². The Morgan fingerprint density at radius 3 is 2.59 bits per heavy atom. The minimum absolute atomic E-state index is 0.323. The third-order valence-corrected chi connectivity index (χ3v) is 2.29. The first-order chi connectivity index (χ1) is 8.19. The number of allylic oxidation sites excluding steroid dienone is 1. The lowest BCUT2D eigenvalue weighted by atomic mass is 9.99. The van der Waals surface area contributed by atoms with Crippen LogP contribution in [0.3, 0.4) is 0 Å². The van der Waals surface area contributed by atoms with E-state index < -0.39 is 6.10 Å². The van der Waals surface area contributed by atoms with E-state index in [2.05, 4.69) is 18.9 Å². The number of carbonyl (C=O) groups is 1. The Morgan fingerprint density at radius 1 is 1.47 bits per heavy atom. The van der Waals surface area contributed by atoms with Crippen LogP contribution in [0.5, 0.6) is 0 Å². The quantitative estimate of drug-likeness (QED) is 0.437. The van der Waals surface area contributed by atoms with Gasteiger partial charge in [-0.05, 0) is 12.0 Å². The number of hydrogen-bond acceptors (Lipinski definition) is 2. The van der Waals surface area contributed by atoms with Crippen molar-refractivity contribution in [2.24, 2.45) is 0 Å². The molecule has 0 aliphatic carbocycles. The molecule has 0 saturated carbocycles. The van der Waals surface area contributed by atoms with Crippen molar-refractivity contribution in [1.29, 1.82) is 0 Å². The molecular formula is C15H16O2. The molecule has 1 rings (SSSR count). The molecule has 0 bridgehead atoms. The van der Waals surface area contributed by atoms with Gasteiger partial charge in [0.25, 0.3) is 0 Å². The molecule has 0 saturated heterocycles. The summed E-state index contributed by atoms with van der Waals surface area (Å²) in [6, 6.07) is 9.54. The van der Waals surface area contributed by atoms with Gasteiger partial charge < -0.3 is 4.74 Å². The van der Waals surface area contributed by atoms with E-state index in [0.717, 1.165) is 11.1 Å². The van der Waals surface area contributed by atoms with Crippen LogP contribution in [-0.2, 0) is 9.53 Å². The van der Waals surface area contributed by atoms with Crippen LogP contribution in [0.1, 0.15) is 25.0 Å². The Labute approximate surface area is 102 Å². The van der Waals surface area contributed by atoms with Crippen LogP contribution in [-0.4, -0.2) is 5.97 Å². The highest BCUT2D eigenvalue weighted by atomic mass is 16.5. The van der Waals surface area contributed by atoms with Gasteiger partial charge in [-0.3, -0.25) is 4.79 Å². The third kappa shape index (κ3) is 3.78. The summed E-state index contributed by atoms with van der Waals surface area (Å²) >= 11 is 0. The van der Waals surface area contributed by atoms with Crippen LogP contribution in [0.2, 0.25) is 0 Å². The first-order valence-electron chi connectivity index (χ1n) is 5.41. The summed E-state index contributed by atoms with van der Waals surface area (Å²) in [7, 11) is 0. The van der Waals surface area contributed by atoms with Crippen molar-refractivity contribution in [3.63, 3.8) is 0 Å². The molecule has 0 aliphatic heterocycles. The molecule has 0 heterocycles. The monoisotopic (exact) mass is 228 g/mol. The van der Waals surface area contributed by atoms with Gasteiger partial charge in [0, 0.05) is 12.5 Å².